The number of urea groups is 1. The lowest BCUT2D eigenvalue weighted by molar-refractivity contribution is -0.147. The number of fused-ring (bicyclic) bond motifs is 2. The van der Waals surface area contributed by atoms with Crippen molar-refractivity contribution in [2.75, 3.05) is 13.1 Å². The highest BCUT2D eigenvalue weighted by Crippen LogP contribution is 2.35. The number of likely N-dealkylation sites (tertiary alicyclic amines) is 1. The molecule has 0 aromatic heterocycles. The van der Waals surface area contributed by atoms with Gasteiger partial charge in [-0.05, 0) is 32.6 Å². The van der Waals surface area contributed by atoms with E-state index in [0.717, 1.165) is 19.3 Å². The van der Waals surface area contributed by atoms with Crippen LogP contribution >= 0.6 is 0 Å². The number of carbonyl (C=O) groups excluding carboxylic acids is 1. The maximum atomic E-state index is 12.2. The lowest BCUT2D eigenvalue weighted by Gasteiger charge is -2.25. The Balaban J connectivity index is 1.56. The zero-order valence-corrected chi connectivity index (χ0v) is 11.1. The molecule has 3 rings (SSSR count). The van der Waals surface area contributed by atoms with E-state index >= 15 is 0 Å². The molecule has 4 atom stereocenters. The minimum Gasteiger partial charge on any atom is -0.481 e. The Bertz CT molecular complexity index is 413. The van der Waals surface area contributed by atoms with Gasteiger partial charge in [0.15, 0.2) is 0 Å². The number of carboxylic acids is 1. The molecule has 2 N–H and O–H groups in total. The second-order valence-corrected chi connectivity index (χ2v) is 6.20. The zero-order valence-electron chi connectivity index (χ0n) is 11.1. The Kier molecular flexibility index (Phi) is 2.92. The van der Waals surface area contributed by atoms with Crippen molar-refractivity contribution in [2.24, 2.45) is 5.41 Å². The molecule has 6 heteroatoms. The van der Waals surface area contributed by atoms with E-state index in [-0.39, 0.29) is 24.7 Å². The fraction of sp³-hybridized carbons (Fsp3) is 0.846. The van der Waals surface area contributed by atoms with Gasteiger partial charge in [-0.3, -0.25) is 4.79 Å². The fourth-order valence-corrected chi connectivity index (χ4v) is 3.35. The van der Waals surface area contributed by atoms with Crippen LogP contribution in [0.2, 0.25) is 0 Å². The summed E-state index contributed by atoms with van der Waals surface area (Å²) >= 11 is 0. The first kappa shape index (κ1) is 12.7. The molecular formula is C13H20N2O4. The third kappa shape index (κ3) is 2.18. The summed E-state index contributed by atoms with van der Waals surface area (Å²) in [6.45, 7) is 2.50. The van der Waals surface area contributed by atoms with Crippen LogP contribution in [0.15, 0.2) is 0 Å². The molecule has 2 amide bonds. The van der Waals surface area contributed by atoms with Gasteiger partial charge in [-0.15, -0.1) is 0 Å². The first-order valence-electron chi connectivity index (χ1n) is 6.92. The van der Waals surface area contributed by atoms with Crippen LogP contribution in [-0.4, -0.2) is 53.3 Å². The largest absolute Gasteiger partial charge is 0.481 e. The normalized spacial score (nSPS) is 40.7. The number of hydrogen-bond acceptors (Lipinski definition) is 3. The lowest BCUT2D eigenvalue weighted by Crippen LogP contribution is -2.48. The van der Waals surface area contributed by atoms with Gasteiger partial charge in [-0.1, -0.05) is 0 Å². The van der Waals surface area contributed by atoms with E-state index in [9.17, 15) is 9.59 Å². The summed E-state index contributed by atoms with van der Waals surface area (Å²) in [6, 6.07) is -0.0472. The Labute approximate surface area is 112 Å². The molecule has 106 valence electrons. The predicted molar refractivity (Wildman–Crippen MR) is 66.8 cm³/mol. The summed E-state index contributed by atoms with van der Waals surface area (Å²) in [4.78, 5) is 24.9. The van der Waals surface area contributed by atoms with Crippen molar-refractivity contribution in [3.63, 3.8) is 0 Å². The van der Waals surface area contributed by atoms with E-state index in [0.29, 0.717) is 19.1 Å². The molecule has 3 aliphatic heterocycles. The van der Waals surface area contributed by atoms with Crippen LogP contribution in [-0.2, 0) is 9.53 Å². The van der Waals surface area contributed by atoms with Gasteiger partial charge in [0.25, 0.3) is 0 Å². The van der Waals surface area contributed by atoms with Gasteiger partial charge in [-0.2, -0.15) is 0 Å². The van der Waals surface area contributed by atoms with E-state index < -0.39 is 11.4 Å². The van der Waals surface area contributed by atoms with Crippen molar-refractivity contribution < 1.29 is 19.4 Å². The Hall–Kier alpha value is -1.30. The average Bonchev–Trinajstić information content (AvgIpc) is 3.04. The smallest absolute Gasteiger partial charge is 0.317 e. The van der Waals surface area contributed by atoms with Crippen molar-refractivity contribution in [3.8, 4) is 0 Å². The molecule has 6 nitrogen and oxygen atoms in total. The Morgan fingerprint density at radius 1 is 1.42 bits per heavy atom. The Morgan fingerprint density at radius 2 is 2.21 bits per heavy atom. The number of amides is 2. The SMILES string of the molecule is CC1(C(=O)O)CCN(C(=O)N[C@@H]2C[C@H]3CC[C@@H]2O3)C1. The van der Waals surface area contributed by atoms with Gasteiger partial charge in [-0.25, -0.2) is 4.79 Å². The van der Waals surface area contributed by atoms with Crippen LogP contribution in [0.5, 0.6) is 0 Å². The molecular weight excluding hydrogens is 248 g/mol. The standard InChI is InChI=1S/C13H20N2O4/c1-13(11(16)17)4-5-15(7-13)12(18)14-9-6-8-2-3-10(9)19-8/h8-10H,2-7H2,1H3,(H,14,18)(H,16,17)/t8-,9-,10+,13?/m1/s1. The van der Waals surface area contributed by atoms with Crippen molar-refractivity contribution in [2.45, 2.75) is 50.9 Å². The molecule has 0 aliphatic carbocycles. The van der Waals surface area contributed by atoms with Crippen molar-refractivity contribution in [1.82, 2.24) is 10.2 Å². The molecule has 3 fully saturated rings. The van der Waals surface area contributed by atoms with Gasteiger partial charge in [0.2, 0.25) is 0 Å². The lowest BCUT2D eigenvalue weighted by atomic mass is 9.90. The van der Waals surface area contributed by atoms with Crippen molar-refractivity contribution in [1.29, 1.82) is 0 Å². The summed E-state index contributed by atoms with van der Waals surface area (Å²) in [5.74, 6) is -0.828. The minimum absolute atomic E-state index is 0.0999. The second-order valence-electron chi connectivity index (χ2n) is 6.20. The maximum absolute atomic E-state index is 12.2. The van der Waals surface area contributed by atoms with Gasteiger partial charge in [0.1, 0.15) is 0 Å². The summed E-state index contributed by atoms with van der Waals surface area (Å²) in [6.07, 6.45) is 3.98. The molecule has 0 spiro atoms. The summed E-state index contributed by atoms with van der Waals surface area (Å²) in [7, 11) is 0. The molecule has 3 aliphatic rings. The van der Waals surface area contributed by atoms with E-state index in [2.05, 4.69) is 5.32 Å². The topological polar surface area (TPSA) is 78.9 Å². The van der Waals surface area contributed by atoms with Gasteiger partial charge >= 0.3 is 12.0 Å². The highest BCUT2D eigenvalue weighted by atomic mass is 16.5. The van der Waals surface area contributed by atoms with Crippen LogP contribution in [0.4, 0.5) is 4.79 Å². The van der Waals surface area contributed by atoms with E-state index in [1.54, 1.807) is 11.8 Å². The number of carbonyl (C=O) groups is 2. The van der Waals surface area contributed by atoms with Crippen LogP contribution in [0.3, 0.4) is 0 Å². The number of nitrogens with zero attached hydrogens (tertiary/aromatic N) is 1. The van der Waals surface area contributed by atoms with Crippen LogP contribution in [0.25, 0.3) is 0 Å². The third-order valence-electron chi connectivity index (χ3n) is 4.69. The number of hydrogen-bond donors (Lipinski definition) is 2. The number of rotatable bonds is 2. The van der Waals surface area contributed by atoms with Gasteiger partial charge < -0.3 is 20.1 Å². The first-order valence-corrected chi connectivity index (χ1v) is 6.92. The molecule has 2 bridgehead atoms. The number of ether oxygens (including phenoxy) is 1. The maximum Gasteiger partial charge on any atom is 0.317 e. The predicted octanol–water partition coefficient (Wildman–Crippen LogP) is 0.812. The number of carboxylic acid groups (broad SMARTS) is 1. The highest BCUT2D eigenvalue weighted by Gasteiger charge is 2.45. The first-order chi connectivity index (χ1) is 8.98. The van der Waals surface area contributed by atoms with Crippen LogP contribution in [0.1, 0.15) is 32.6 Å². The molecule has 3 saturated heterocycles. The summed E-state index contributed by atoms with van der Waals surface area (Å²) in [5.41, 5.74) is -0.803. The molecule has 0 saturated carbocycles. The fourth-order valence-electron chi connectivity index (χ4n) is 3.35. The third-order valence-corrected chi connectivity index (χ3v) is 4.69. The molecule has 19 heavy (non-hydrogen) atoms. The van der Waals surface area contributed by atoms with Crippen molar-refractivity contribution in [3.05, 3.63) is 0 Å². The molecule has 0 radical (unpaired) electrons. The molecule has 0 aromatic carbocycles. The van der Waals surface area contributed by atoms with Gasteiger partial charge in [0.05, 0.1) is 23.7 Å². The van der Waals surface area contributed by atoms with E-state index in [1.165, 1.54) is 0 Å². The van der Waals surface area contributed by atoms with Crippen LogP contribution in [0, 0.1) is 5.41 Å². The number of nitrogens with one attached hydrogen (secondary N) is 1. The van der Waals surface area contributed by atoms with Crippen molar-refractivity contribution >= 4 is 12.0 Å². The average molecular weight is 268 g/mol. The highest BCUT2D eigenvalue weighted by molar-refractivity contribution is 5.79. The monoisotopic (exact) mass is 268 g/mol. The van der Waals surface area contributed by atoms with Crippen LogP contribution < -0.4 is 5.32 Å². The zero-order chi connectivity index (χ0) is 13.6. The molecule has 1 unspecified atom stereocenters. The van der Waals surface area contributed by atoms with E-state index in [1.807, 2.05) is 0 Å². The summed E-state index contributed by atoms with van der Waals surface area (Å²) < 4.78 is 5.70. The minimum atomic E-state index is -0.828. The molecule has 0 aromatic rings. The van der Waals surface area contributed by atoms with Gasteiger partial charge in [0, 0.05) is 13.1 Å². The quantitative estimate of drug-likeness (QED) is 0.777. The molecule has 3 heterocycles. The van der Waals surface area contributed by atoms with E-state index in [4.69, 9.17) is 9.84 Å². The Morgan fingerprint density at radius 3 is 2.74 bits per heavy atom. The number of aliphatic carboxylic acids is 1. The second kappa shape index (κ2) is 4.37. The summed E-state index contributed by atoms with van der Waals surface area (Å²) in [5, 5.41) is 12.2.